The Labute approximate surface area is 177 Å². The molecule has 160 valence electrons. The number of hydrogen-bond acceptors (Lipinski definition) is 5. The van der Waals surface area contributed by atoms with Crippen LogP contribution >= 0.6 is 11.6 Å². The molecule has 0 spiro atoms. The van der Waals surface area contributed by atoms with Crippen molar-refractivity contribution in [3.63, 3.8) is 0 Å². The van der Waals surface area contributed by atoms with E-state index in [0.717, 1.165) is 19.3 Å². The van der Waals surface area contributed by atoms with Gasteiger partial charge in [-0.3, -0.25) is 4.79 Å². The Bertz CT molecular complexity index is 747. The third kappa shape index (κ3) is 7.28. The molecule has 0 radical (unpaired) electrons. The second kappa shape index (κ2) is 11.1. The van der Waals surface area contributed by atoms with Crippen LogP contribution in [0.25, 0.3) is 6.08 Å². The van der Waals surface area contributed by atoms with Gasteiger partial charge in [-0.15, -0.1) is 0 Å². The van der Waals surface area contributed by atoms with Gasteiger partial charge >= 0.3 is 5.97 Å². The molecule has 1 fully saturated rings. The van der Waals surface area contributed by atoms with Crippen LogP contribution < -0.4 is 14.8 Å². The van der Waals surface area contributed by atoms with Gasteiger partial charge in [0, 0.05) is 12.1 Å². The van der Waals surface area contributed by atoms with Crippen molar-refractivity contribution >= 4 is 29.6 Å². The predicted molar refractivity (Wildman–Crippen MR) is 113 cm³/mol. The molecule has 1 saturated carbocycles. The SMILES string of the molecule is COc1cc(/C=C/C(=O)OCC(=O)N[C@@H]2CCCC[C@@H]2C)cc(Cl)c1OC(C)C. The number of ether oxygens (including phenoxy) is 3. The van der Waals surface area contributed by atoms with Gasteiger partial charge in [-0.2, -0.15) is 0 Å². The van der Waals surface area contributed by atoms with Gasteiger partial charge in [0.15, 0.2) is 18.1 Å². The lowest BCUT2D eigenvalue weighted by Gasteiger charge is -2.29. The van der Waals surface area contributed by atoms with Gasteiger partial charge in [0.25, 0.3) is 5.91 Å². The van der Waals surface area contributed by atoms with Gasteiger partial charge in [0.2, 0.25) is 0 Å². The maximum atomic E-state index is 12.0. The average molecular weight is 424 g/mol. The number of carbonyl (C=O) groups excluding carboxylic acids is 2. The summed E-state index contributed by atoms with van der Waals surface area (Å²) in [6.45, 7) is 5.63. The van der Waals surface area contributed by atoms with Gasteiger partial charge in [0.1, 0.15) is 0 Å². The van der Waals surface area contributed by atoms with Crippen LogP contribution in [-0.2, 0) is 14.3 Å². The summed E-state index contributed by atoms with van der Waals surface area (Å²) in [6.07, 6.45) is 7.15. The Balaban J connectivity index is 1.89. The first-order valence-electron chi connectivity index (χ1n) is 9.98. The summed E-state index contributed by atoms with van der Waals surface area (Å²) >= 11 is 6.27. The summed E-state index contributed by atoms with van der Waals surface area (Å²) in [6, 6.07) is 3.54. The maximum absolute atomic E-state index is 12.0. The van der Waals surface area contributed by atoms with Crippen LogP contribution in [0.2, 0.25) is 5.02 Å². The molecule has 0 heterocycles. The highest BCUT2D eigenvalue weighted by Crippen LogP contribution is 2.37. The number of hydrogen-bond donors (Lipinski definition) is 1. The number of halogens is 1. The van der Waals surface area contributed by atoms with Crippen molar-refractivity contribution in [3.8, 4) is 11.5 Å². The summed E-state index contributed by atoms with van der Waals surface area (Å²) in [7, 11) is 1.52. The van der Waals surface area contributed by atoms with Gasteiger partial charge in [-0.25, -0.2) is 4.79 Å². The van der Waals surface area contributed by atoms with Crippen LogP contribution in [-0.4, -0.2) is 37.7 Å². The largest absolute Gasteiger partial charge is 0.493 e. The van der Waals surface area contributed by atoms with Crippen molar-refractivity contribution < 1.29 is 23.8 Å². The van der Waals surface area contributed by atoms with E-state index in [9.17, 15) is 9.59 Å². The Kier molecular flexibility index (Phi) is 8.83. The van der Waals surface area contributed by atoms with E-state index in [4.69, 9.17) is 25.8 Å². The molecule has 1 aliphatic carbocycles. The summed E-state index contributed by atoms with van der Waals surface area (Å²) < 4.78 is 16.0. The average Bonchev–Trinajstić information content (AvgIpc) is 2.68. The summed E-state index contributed by atoms with van der Waals surface area (Å²) in [4.78, 5) is 24.0. The smallest absolute Gasteiger partial charge is 0.331 e. The number of carbonyl (C=O) groups is 2. The Morgan fingerprint density at radius 3 is 2.66 bits per heavy atom. The van der Waals surface area contributed by atoms with E-state index >= 15 is 0 Å². The number of rotatable bonds is 8. The molecule has 1 aromatic carbocycles. The molecule has 0 aromatic heterocycles. The minimum absolute atomic E-state index is 0.0551. The van der Waals surface area contributed by atoms with Gasteiger partial charge in [-0.1, -0.05) is 31.4 Å². The van der Waals surface area contributed by atoms with E-state index in [1.165, 1.54) is 19.6 Å². The molecule has 7 heteroatoms. The van der Waals surface area contributed by atoms with Crippen LogP contribution in [0.5, 0.6) is 11.5 Å². The third-order valence-corrected chi connectivity index (χ3v) is 5.10. The summed E-state index contributed by atoms with van der Waals surface area (Å²) in [5, 5.41) is 3.34. The van der Waals surface area contributed by atoms with Crippen molar-refractivity contribution in [2.75, 3.05) is 13.7 Å². The van der Waals surface area contributed by atoms with Crippen LogP contribution in [0, 0.1) is 5.92 Å². The zero-order valence-electron chi connectivity index (χ0n) is 17.5. The molecule has 1 N–H and O–H groups in total. The van der Waals surface area contributed by atoms with E-state index < -0.39 is 5.97 Å². The second-order valence-electron chi connectivity index (χ2n) is 7.58. The monoisotopic (exact) mass is 423 g/mol. The van der Waals surface area contributed by atoms with Crippen molar-refractivity contribution in [3.05, 3.63) is 28.8 Å². The fraction of sp³-hybridized carbons (Fsp3) is 0.545. The molecule has 29 heavy (non-hydrogen) atoms. The first-order valence-corrected chi connectivity index (χ1v) is 10.4. The van der Waals surface area contributed by atoms with E-state index in [-0.39, 0.29) is 24.7 Å². The molecule has 0 unspecified atom stereocenters. The highest BCUT2D eigenvalue weighted by Gasteiger charge is 2.23. The number of benzene rings is 1. The van der Waals surface area contributed by atoms with E-state index in [0.29, 0.717) is 28.0 Å². The van der Waals surface area contributed by atoms with Crippen LogP contribution in [0.15, 0.2) is 18.2 Å². The molecule has 0 aliphatic heterocycles. The Hall–Kier alpha value is -2.21. The van der Waals surface area contributed by atoms with E-state index in [1.807, 2.05) is 13.8 Å². The number of nitrogens with one attached hydrogen (secondary N) is 1. The quantitative estimate of drug-likeness (QED) is 0.496. The fourth-order valence-corrected chi connectivity index (χ4v) is 3.58. The topological polar surface area (TPSA) is 73.9 Å². The minimum Gasteiger partial charge on any atom is -0.493 e. The first kappa shape index (κ1) is 23.1. The van der Waals surface area contributed by atoms with Crippen molar-refractivity contribution in [2.24, 2.45) is 5.92 Å². The number of esters is 1. The summed E-state index contributed by atoms with van der Waals surface area (Å²) in [5.41, 5.74) is 0.653. The molecule has 6 nitrogen and oxygen atoms in total. The highest BCUT2D eigenvalue weighted by atomic mass is 35.5. The first-order chi connectivity index (χ1) is 13.8. The molecule has 1 aliphatic rings. The van der Waals surface area contributed by atoms with Crippen molar-refractivity contribution in [1.82, 2.24) is 5.32 Å². The highest BCUT2D eigenvalue weighted by molar-refractivity contribution is 6.32. The molecule has 1 amide bonds. The Morgan fingerprint density at radius 1 is 1.28 bits per heavy atom. The van der Waals surface area contributed by atoms with Crippen LogP contribution in [0.1, 0.15) is 52.0 Å². The zero-order chi connectivity index (χ0) is 21.4. The lowest BCUT2D eigenvalue weighted by molar-refractivity contribution is -0.144. The lowest BCUT2D eigenvalue weighted by Crippen LogP contribution is -2.42. The van der Waals surface area contributed by atoms with Gasteiger partial charge < -0.3 is 19.5 Å². The van der Waals surface area contributed by atoms with Gasteiger partial charge in [-0.05, 0) is 56.4 Å². The normalized spacial score (nSPS) is 19.2. The van der Waals surface area contributed by atoms with E-state index in [1.54, 1.807) is 18.2 Å². The fourth-order valence-electron chi connectivity index (χ4n) is 3.31. The van der Waals surface area contributed by atoms with Crippen LogP contribution in [0.3, 0.4) is 0 Å². The molecule has 1 aromatic rings. The van der Waals surface area contributed by atoms with Crippen molar-refractivity contribution in [2.45, 2.75) is 58.6 Å². The molecule has 0 saturated heterocycles. The maximum Gasteiger partial charge on any atom is 0.331 e. The van der Waals surface area contributed by atoms with Crippen LogP contribution in [0.4, 0.5) is 0 Å². The summed E-state index contributed by atoms with van der Waals surface area (Å²) in [5.74, 6) is 0.503. The number of methoxy groups -OCH3 is 1. The molecule has 0 bridgehead atoms. The molecular formula is C22H30ClNO5. The molecule has 2 rings (SSSR count). The van der Waals surface area contributed by atoms with E-state index in [2.05, 4.69) is 12.2 Å². The second-order valence-corrected chi connectivity index (χ2v) is 7.98. The standard InChI is InChI=1S/C22H30ClNO5/c1-14(2)29-22-17(23)11-16(12-19(22)27-4)9-10-21(26)28-13-20(25)24-18-8-6-5-7-15(18)3/h9-12,14-15,18H,5-8,13H2,1-4H3,(H,24,25)/b10-9+/t15-,18+/m0/s1. The zero-order valence-corrected chi connectivity index (χ0v) is 18.3. The Morgan fingerprint density at radius 2 is 2.00 bits per heavy atom. The molecule has 2 atom stereocenters. The lowest BCUT2D eigenvalue weighted by atomic mass is 9.86. The minimum atomic E-state index is -0.602. The predicted octanol–water partition coefficient (Wildman–Crippen LogP) is 4.39. The van der Waals surface area contributed by atoms with Crippen molar-refractivity contribution in [1.29, 1.82) is 0 Å². The third-order valence-electron chi connectivity index (χ3n) is 4.82. The number of amides is 1. The van der Waals surface area contributed by atoms with Gasteiger partial charge in [0.05, 0.1) is 18.2 Å². The molecular weight excluding hydrogens is 394 g/mol.